The van der Waals surface area contributed by atoms with Crippen LogP contribution in [0.2, 0.25) is 0 Å². The minimum Gasteiger partial charge on any atom is -0.326 e. The predicted octanol–water partition coefficient (Wildman–Crippen LogP) is 1.13. The highest BCUT2D eigenvalue weighted by molar-refractivity contribution is 6.03. The second kappa shape index (κ2) is 4.80. The van der Waals surface area contributed by atoms with Gasteiger partial charge in [-0.2, -0.15) is 5.10 Å². The van der Waals surface area contributed by atoms with Crippen molar-refractivity contribution in [2.24, 2.45) is 12.8 Å². The number of hydrogen-bond acceptors (Lipinski definition) is 3. The predicted molar refractivity (Wildman–Crippen MR) is 65.5 cm³/mol. The summed E-state index contributed by atoms with van der Waals surface area (Å²) in [5, 5.41) is 6.75. The van der Waals surface area contributed by atoms with Gasteiger partial charge < -0.3 is 11.1 Å². The molecule has 5 heteroatoms. The van der Waals surface area contributed by atoms with Crippen molar-refractivity contribution in [1.29, 1.82) is 0 Å². The normalized spacial score (nSPS) is 10.2. The third-order valence-corrected chi connectivity index (χ3v) is 2.39. The minimum absolute atomic E-state index is 0.174. The van der Waals surface area contributed by atoms with Crippen LogP contribution in [0.1, 0.15) is 15.9 Å². The van der Waals surface area contributed by atoms with Crippen molar-refractivity contribution in [2.75, 3.05) is 5.32 Å². The minimum atomic E-state index is -0.174. The second-order valence-corrected chi connectivity index (χ2v) is 3.76. The summed E-state index contributed by atoms with van der Waals surface area (Å²) in [6.45, 7) is 0.455. The van der Waals surface area contributed by atoms with Crippen molar-refractivity contribution in [3.63, 3.8) is 0 Å². The van der Waals surface area contributed by atoms with Gasteiger partial charge in [0.15, 0.2) is 0 Å². The van der Waals surface area contributed by atoms with Crippen LogP contribution in [0.25, 0.3) is 0 Å². The largest absolute Gasteiger partial charge is 0.326 e. The summed E-state index contributed by atoms with van der Waals surface area (Å²) in [4.78, 5) is 11.8. The van der Waals surface area contributed by atoms with E-state index in [0.717, 1.165) is 11.3 Å². The van der Waals surface area contributed by atoms with Gasteiger partial charge in [0.25, 0.3) is 5.91 Å². The Morgan fingerprint density at radius 1 is 1.53 bits per heavy atom. The van der Waals surface area contributed by atoms with E-state index in [1.165, 1.54) is 6.20 Å². The van der Waals surface area contributed by atoms with E-state index in [2.05, 4.69) is 10.4 Å². The van der Waals surface area contributed by atoms with Crippen molar-refractivity contribution in [2.45, 2.75) is 6.54 Å². The van der Waals surface area contributed by atoms with E-state index in [1.807, 2.05) is 24.3 Å². The van der Waals surface area contributed by atoms with Crippen LogP contribution in [0, 0.1) is 0 Å². The molecule has 0 spiro atoms. The van der Waals surface area contributed by atoms with Crippen LogP contribution < -0.4 is 11.1 Å². The smallest absolute Gasteiger partial charge is 0.258 e. The average molecular weight is 230 g/mol. The highest BCUT2D eigenvalue weighted by Crippen LogP contribution is 2.11. The summed E-state index contributed by atoms with van der Waals surface area (Å²) in [5.74, 6) is -0.174. The molecule has 17 heavy (non-hydrogen) atoms. The Balaban J connectivity index is 2.12. The molecule has 0 bridgehead atoms. The number of aryl methyl sites for hydroxylation is 1. The lowest BCUT2D eigenvalue weighted by molar-refractivity contribution is 0.102. The lowest BCUT2D eigenvalue weighted by atomic mass is 10.2. The van der Waals surface area contributed by atoms with Crippen molar-refractivity contribution < 1.29 is 4.79 Å². The number of anilines is 1. The van der Waals surface area contributed by atoms with Gasteiger partial charge in [0.1, 0.15) is 0 Å². The van der Waals surface area contributed by atoms with Crippen molar-refractivity contribution in [1.82, 2.24) is 9.78 Å². The Kier molecular flexibility index (Phi) is 3.20. The molecule has 3 N–H and O–H groups in total. The maximum Gasteiger partial charge on any atom is 0.258 e. The fraction of sp³-hybridized carbons (Fsp3) is 0.167. The number of nitrogens with one attached hydrogen (secondary N) is 1. The molecule has 0 saturated carbocycles. The van der Waals surface area contributed by atoms with E-state index < -0.39 is 0 Å². The van der Waals surface area contributed by atoms with Crippen LogP contribution in [0.3, 0.4) is 0 Å². The van der Waals surface area contributed by atoms with E-state index in [0.29, 0.717) is 12.1 Å². The van der Waals surface area contributed by atoms with E-state index in [1.54, 1.807) is 17.9 Å². The van der Waals surface area contributed by atoms with Gasteiger partial charge in [-0.1, -0.05) is 12.1 Å². The zero-order chi connectivity index (χ0) is 12.3. The maximum absolute atomic E-state index is 11.8. The van der Waals surface area contributed by atoms with Crippen LogP contribution in [0.4, 0.5) is 5.69 Å². The first-order chi connectivity index (χ1) is 8.19. The number of carbonyl (C=O) groups is 1. The molecular weight excluding hydrogens is 216 g/mol. The molecule has 0 unspecified atom stereocenters. The van der Waals surface area contributed by atoms with Gasteiger partial charge >= 0.3 is 0 Å². The second-order valence-electron chi connectivity index (χ2n) is 3.76. The Labute approximate surface area is 99.2 Å². The van der Waals surface area contributed by atoms with Gasteiger partial charge in [-0.15, -0.1) is 0 Å². The zero-order valence-corrected chi connectivity index (χ0v) is 9.55. The summed E-state index contributed by atoms with van der Waals surface area (Å²) in [6.07, 6.45) is 3.20. The molecule has 2 rings (SSSR count). The van der Waals surface area contributed by atoms with Crippen LogP contribution >= 0.6 is 0 Å². The Morgan fingerprint density at radius 2 is 2.35 bits per heavy atom. The molecule has 88 valence electrons. The molecule has 1 amide bonds. The molecule has 0 fully saturated rings. The highest BCUT2D eigenvalue weighted by Gasteiger charge is 2.07. The molecule has 1 aromatic carbocycles. The number of aromatic nitrogens is 2. The summed E-state index contributed by atoms with van der Waals surface area (Å²) in [6, 6.07) is 7.46. The van der Waals surface area contributed by atoms with Gasteiger partial charge in [-0.3, -0.25) is 9.48 Å². The molecule has 0 aliphatic rings. The van der Waals surface area contributed by atoms with Crippen molar-refractivity contribution >= 4 is 11.6 Å². The van der Waals surface area contributed by atoms with Gasteiger partial charge in [-0.25, -0.2) is 0 Å². The van der Waals surface area contributed by atoms with Crippen LogP contribution in [-0.4, -0.2) is 15.7 Å². The Morgan fingerprint density at radius 3 is 3.00 bits per heavy atom. The third-order valence-electron chi connectivity index (χ3n) is 2.39. The number of nitrogens with two attached hydrogens (primary N) is 1. The standard InChI is InChI=1S/C12H14N4O/c1-16-8-10(7-14-16)12(17)15-11-4-2-3-9(5-11)6-13/h2-5,7-8H,6,13H2,1H3,(H,15,17). The first-order valence-electron chi connectivity index (χ1n) is 5.28. The molecule has 0 radical (unpaired) electrons. The number of benzene rings is 1. The van der Waals surface area contributed by atoms with Gasteiger partial charge in [0, 0.05) is 25.5 Å². The molecule has 2 aromatic rings. The molecule has 0 saturated heterocycles. The number of hydrogen-bond donors (Lipinski definition) is 2. The van der Waals surface area contributed by atoms with Gasteiger partial charge in [0.05, 0.1) is 11.8 Å². The first kappa shape index (κ1) is 11.3. The van der Waals surface area contributed by atoms with Gasteiger partial charge in [-0.05, 0) is 17.7 Å². The molecule has 1 heterocycles. The van der Waals surface area contributed by atoms with E-state index >= 15 is 0 Å². The quantitative estimate of drug-likeness (QED) is 0.830. The van der Waals surface area contributed by atoms with E-state index in [9.17, 15) is 4.79 Å². The number of carbonyl (C=O) groups excluding carboxylic acids is 1. The average Bonchev–Trinajstić information content (AvgIpc) is 2.76. The lowest BCUT2D eigenvalue weighted by Crippen LogP contribution is -2.11. The third kappa shape index (κ3) is 2.70. The van der Waals surface area contributed by atoms with Crippen molar-refractivity contribution in [3.8, 4) is 0 Å². The van der Waals surface area contributed by atoms with Crippen molar-refractivity contribution in [3.05, 3.63) is 47.8 Å². The summed E-state index contributed by atoms with van der Waals surface area (Å²) >= 11 is 0. The SMILES string of the molecule is Cn1cc(C(=O)Nc2cccc(CN)c2)cn1. The lowest BCUT2D eigenvalue weighted by Gasteiger charge is -2.05. The van der Waals surface area contributed by atoms with Crippen LogP contribution in [0.5, 0.6) is 0 Å². The van der Waals surface area contributed by atoms with Gasteiger partial charge in [0.2, 0.25) is 0 Å². The fourth-order valence-corrected chi connectivity index (χ4v) is 1.52. The molecule has 5 nitrogen and oxygen atoms in total. The summed E-state index contributed by atoms with van der Waals surface area (Å²) in [7, 11) is 1.77. The maximum atomic E-state index is 11.8. The van der Waals surface area contributed by atoms with Crippen LogP contribution in [-0.2, 0) is 13.6 Å². The number of rotatable bonds is 3. The molecule has 1 aromatic heterocycles. The Bertz CT molecular complexity index is 533. The molecule has 0 atom stereocenters. The molecule has 0 aliphatic carbocycles. The first-order valence-corrected chi connectivity index (χ1v) is 5.28. The van der Waals surface area contributed by atoms with Crippen LogP contribution in [0.15, 0.2) is 36.7 Å². The molecule has 0 aliphatic heterocycles. The fourth-order valence-electron chi connectivity index (χ4n) is 1.52. The summed E-state index contributed by atoms with van der Waals surface area (Å²) in [5.41, 5.74) is 7.79. The number of amides is 1. The molecular formula is C12H14N4O. The van der Waals surface area contributed by atoms with E-state index in [4.69, 9.17) is 5.73 Å². The summed E-state index contributed by atoms with van der Waals surface area (Å²) < 4.78 is 1.59. The Hall–Kier alpha value is -2.14. The topological polar surface area (TPSA) is 72.9 Å². The highest BCUT2D eigenvalue weighted by atomic mass is 16.1. The monoisotopic (exact) mass is 230 g/mol. The zero-order valence-electron chi connectivity index (χ0n) is 9.55. The number of nitrogens with zero attached hydrogens (tertiary/aromatic N) is 2. The van der Waals surface area contributed by atoms with E-state index in [-0.39, 0.29) is 5.91 Å².